The minimum Gasteiger partial charge on any atom is -0.301 e. The maximum atomic E-state index is 2.53. The Hall–Kier alpha value is -0.0400. The van der Waals surface area contributed by atoms with Crippen LogP contribution in [0.3, 0.4) is 0 Å². The average molecular weight is 253 g/mol. The third kappa shape index (κ3) is 5.73. The molecule has 18 heavy (non-hydrogen) atoms. The van der Waals surface area contributed by atoms with E-state index >= 15 is 0 Å². The molecule has 1 saturated carbocycles. The second kappa shape index (κ2) is 5.94. The first-order valence-electron chi connectivity index (χ1n) is 7.79. The second-order valence-corrected chi connectivity index (χ2v) is 8.70. The Morgan fingerprint density at radius 1 is 0.833 bits per heavy atom. The molecule has 0 heterocycles. The maximum absolute atomic E-state index is 2.53. The smallest absolute Gasteiger partial charge is 0.0122 e. The van der Waals surface area contributed by atoms with E-state index in [4.69, 9.17) is 0 Å². The molecular weight excluding hydrogens is 218 g/mol. The molecule has 1 nitrogen and oxygen atoms in total. The van der Waals surface area contributed by atoms with Gasteiger partial charge >= 0.3 is 0 Å². The van der Waals surface area contributed by atoms with Gasteiger partial charge in [0.2, 0.25) is 0 Å². The lowest BCUT2D eigenvalue weighted by Gasteiger charge is -2.38. The predicted molar refractivity (Wildman–Crippen MR) is 81.9 cm³/mol. The summed E-state index contributed by atoms with van der Waals surface area (Å²) in [6.45, 7) is 15.4. The van der Waals surface area contributed by atoms with Gasteiger partial charge < -0.3 is 4.90 Å². The van der Waals surface area contributed by atoms with Crippen molar-refractivity contribution in [2.75, 3.05) is 13.6 Å². The Morgan fingerprint density at radius 2 is 1.28 bits per heavy atom. The Bertz CT molecular complexity index is 235. The minimum absolute atomic E-state index is 0.322. The van der Waals surface area contributed by atoms with Crippen molar-refractivity contribution in [1.82, 2.24) is 4.90 Å². The third-order valence-corrected chi connectivity index (χ3v) is 4.54. The molecule has 1 rings (SSSR count). The van der Waals surface area contributed by atoms with Crippen LogP contribution in [-0.4, -0.2) is 24.0 Å². The predicted octanol–water partition coefficient (Wildman–Crippen LogP) is 4.96. The fourth-order valence-electron chi connectivity index (χ4n) is 3.15. The molecule has 1 aliphatic carbocycles. The molecule has 0 aliphatic heterocycles. The van der Waals surface area contributed by atoms with Crippen molar-refractivity contribution in [3.63, 3.8) is 0 Å². The van der Waals surface area contributed by atoms with Crippen LogP contribution in [0.15, 0.2) is 0 Å². The molecule has 0 radical (unpaired) electrons. The van der Waals surface area contributed by atoms with Crippen molar-refractivity contribution in [2.45, 2.75) is 79.2 Å². The first-order chi connectivity index (χ1) is 8.08. The van der Waals surface area contributed by atoms with Gasteiger partial charge in [-0.15, -0.1) is 0 Å². The molecule has 0 spiro atoms. The fraction of sp³-hybridized carbons (Fsp3) is 1.00. The first kappa shape index (κ1) is 16.0. The van der Waals surface area contributed by atoms with Crippen LogP contribution < -0.4 is 0 Å². The zero-order valence-corrected chi connectivity index (χ0v) is 13.8. The lowest BCUT2D eigenvalue weighted by Crippen LogP contribution is -2.41. The van der Waals surface area contributed by atoms with E-state index in [9.17, 15) is 0 Å². The Morgan fingerprint density at radius 3 is 1.67 bits per heavy atom. The van der Waals surface area contributed by atoms with E-state index in [-0.39, 0.29) is 0 Å². The summed E-state index contributed by atoms with van der Waals surface area (Å²) >= 11 is 0. The van der Waals surface area contributed by atoms with E-state index in [1.165, 1.54) is 38.6 Å². The van der Waals surface area contributed by atoms with Gasteiger partial charge in [-0.2, -0.15) is 0 Å². The third-order valence-electron chi connectivity index (χ3n) is 4.54. The van der Waals surface area contributed by atoms with Gasteiger partial charge in [-0.25, -0.2) is 0 Å². The SMILES string of the molecule is CN(CC1CCC(CC(C)(C)C)CC1)C(C)(C)C. The highest BCUT2D eigenvalue weighted by atomic mass is 15.2. The summed E-state index contributed by atoms with van der Waals surface area (Å²) in [5.74, 6) is 1.92. The van der Waals surface area contributed by atoms with Crippen LogP contribution in [0.25, 0.3) is 0 Å². The van der Waals surface area contributed by atoms with Crippen molar-refractivity contribution in [1.29, 1.82) is 0 Å². The zero-order chi connectivity index (χ0) is 14.0. The standard InChI is InChI=1S/C17H35N/c1-16(2,3)12-14-8-10-15(11-9-14)13-18(7)17(4,5)6/h14-15H,8-13H2,1-7H3. The molecule has 0 aromatic carbocycles. The molecular formula is C17H35N. The van der Waals surface area contributed by atoms with Gasteiger partial charge in [-0.1, -0.05) is 33.6 Å². The number of hydrogen-bond acceptors (Lipinski definition) is 1. The van der Waals surface area contributed by atoms with Crippen LogP contribution in [0.1, 0.15) is 73.6 Å². The highest BCUT2D eigenvalue weighted by Crippen LogP contribution is 2.36. The van der Waals surface area contributed by atoms with Crippen LogP contribution in [0.2, 0.25) is 0 Å². The van der Waals surface area contributed by atoms with E-state index in [0.717, 1.165) is 11.8 Å². The van der Waals surface area contributed by atoms with E-state index in [1.807, 2.05) is 0 Å². The summed E-state index contributed by atoms with van der Waals surface area (Å²) in [5.41, 5.74) is 0.835. The van der Waals surface area contributed by atoms with E-state index < -0.39 is 0 Å². The van der Waals surface area contributed by atoms with Crippen LogP contribution in [-0.2, 0) is 0 Å². The molecule has 108 valence electrons. The van der Waals surface area contributed by atoms with Crippen molar-refractivity contribution in [3.05, 3.63) is 0 Å². The molecule has 0 unspecified atom stereocenters. The normalized spacial score (nSPS) is 26.7. The van der Waals surface area contributed by atoms with Gasteiger partial charge in [-0.3, -0.25) is 0 Å². The van der Waals surface area contributed by atoms with Crippen LogP contribution in [0.5, 0.6) is 0 Å². The Labute approximate surface area is 115 Å². The van der Waals surface area contributed by atoms with Crippen molar-refractivity contribution >= 4 is 0 Å². The van der Waals surface area contributed by atoms with Crippen LogP contribution in [0, 0.1) is 17.3 Å². The van der Waals surface area contributed by atoms with Crippen LogP contribution >= 0.6 is 0 Å². The van der Waals surface area contributed by atoms with Gasteiger partial charge in [0.25, 0.3) is 0 Å². The molecule has 0 bridgehead atoms. The lowest BCUT2D eigenvalue weighted by atomic mass is 9.74. The lowest BCUT2D eigenvalue weighted by molar-refractivity contribution is 0.117. The molecule has 0 N–H and O–H groups in total. The molecule has 1 fully saturated rings. The topological polar surface area (TPSA) is 3.24 Å². The van der Waals surface area contributed by atoms with Gasteiger partial charge in [-0.05, 0) is 64.3 Å². The van der Waals surface area contributed by atoms with E-state index in [2.05, 4.69) is 53.5 Å². The Balaban J connectivity index is 2.32. The van der Waals surface area contributed by atoms with E-state index in [1.54, 1.807) is 0 Å². The number of rotatable bonds is 3. The summed E-state index contributed by atoms with van der Waals surface area (Å²) in [7, 11) is 2.28. The summed E-state index contributed by atoms with van der Waals surface area (Å²) in [6.07, 6.45) is 7.22. The second-order valence-electron chi connectivity index (χ2n) is 8.70. The number of nitrogens with zero attached hydrogens (tertiary/aromatic N) is 1. The molecule has 0 saturated heterocycles. The van der Waals surface area contributed by atoms with Gasteiger partial charge in [0.1, 0.15) is 0 Å². The fourth-order valence-corrected chi connectivity index (χ4v) is 3.15. The zero-order valence-electron chi connectivity index (χ0n) is 13.8. The summed E-state index contributed by atoms with van der Waals surface area (Å²) in [4.78, 5) is 2.53. The highest BCUT2D eigenvalue weighted by Gasteiger charge is 2.27. The van der Waals surface area contributed by atoms with Gasteiger partial charge in [0.15, 0.2) is 0 Å². The minimum atomic E-state index is 0.322. The van der Waals surface area contributed by atoms with Crippen LogP contribution in [0.4, 0.5) is 0 Å². The van der Waals surface area contributed by atoms with E-state index in [0.29, 0.717) is 11.0 Å². The summed E-state index contributed by atoms with van der Waals surface area (Å²) in [5, 5.41) is 0. The molecule has 0 amide bonds. The summed E-state index contributed by atoms with van der Waals surface area (Å²) < 4.78 is 0. The molecule has 1 aliphatic rings. The Kier molecular flexibility index (Phi) is 5.29. The molecule has 0 atom stereocenters. The van der Waals surface area contributed by atoms with Crippen molar-refractivity contribution in [3.8, 4) is 0 Å². The monoisotopic (exact) mass is 253 g/mol. The number of hydrogen-bond donors (Lipinski definition) is 0. The highest BCUT2D eigenvalue weighted by molar-refractivity contribution is 4.81. The van der Waals surface area contributed by atoms with Crippen molar-refractivity contribution < 1.29 is 0 Å². The quantitative estimate of drug-likeness (QED) is 0.687. The van der Waals surface area contributed by atoms with Crippen molar-refractivity contribution in [2.24, 2.45) is 17.3 Å². The maximum Gasteiger partial charge on any atom is 0.0122 e. The molecule has 1 heteroatoms. The molecule has 0 aromatic heterocycles. The summed E-state index contributed by atoms with van der Waals surface area (Å²) in [6, 6.07) is 0. The average Bonchev–Trinajstić information content (AvgIpc) is 2.17. The first-order valence-corrected chi connectivity index (χ1v) is 7.79. The molecule has 0 aromatic rings. The van der Waals surface area contributed by atoms with Gasteiger partial charge in [0.05, 0.1) is 0 Å². The largest absolute Gasteiger partial charge is 0.301 e. The van der Waals surface area contributed by atoms with Gasteiger partial charge in [0, 0.05) is 12.1 Å².